The SMILES string of the molecule is CCNCc1sc(-c2cc(Cl)ccc2F)nc1C(F)(F)F. The van der Waals surface area contributed by atoms with Crippen molar-refractivity contribution < 1.29 is 17.6 Å². The minimum atomic E-state index is -4.57. The van der Waals surface area contributed by atoms with Crippen LogP contribution in [0.5, 0.6) is 0 Å². The standard InChI is InChI=1S/C13H11ClF4N2S/c1-2-19-6-10-11(13(16,17)18)20-12(21-10)8-5-7(14)3-4-9(8)15/h3-5,19H,2,6H2,1H3. The topological polar surface area (TPSA) is 24.9 Å². The number of hydrogen-bond donors (Lipinski definition) is 1. The van der Waals surface area contributed by atoms with Gasteiger partial charge in [0.2, 0.25) is 0 Å². The van der Waals surface area contributed by atoms with Crippen molar-refractivity contribution in [2.24, 2.45) is 0 Å². The van der Waals surface area contributed by atoms with E-state index in [0.29, 0.717) is 6.54 Å². The lowest BCUT2D eigenvalue weighted by molar-refractivity contribution is -0.141. The summed E-state index contributed by atoms with van der Waals surface area (Å²) in [4.78, 5) is 3.59. The molecule has 1 aromatic carbocycles. The first kappa shape index (κ1) is 16.2. The minimum absolute atomic E-state index is 0.0266. The molecule has 0 saturated heterocycles. The summed E-state index contributed by atoms with van der Waals surface area (Å²) >= 11 is 6.57. The molecule has 0 bridgehead atoms. The zero-order chi connectivity index (χ0) is 15.6. The van der Waals surface area contributed by atoms with E-state index < -0.39 is 17.7 Å². The highest BCUT2D eigenvalue weighted by molar-refractivity contribution is 7.15. The molecular weight excluding hydrogens is 328 g/mol. The molecule has 2 nitrogen and oxygen atoms in total. The number of nitrogens with one attached hydrogen (secondary N) is 1. The monoisotopic (exact) mass is 338 g/mol. The molecular formula is C13H11ClF4N2S. The third-order valence-electron chi connectivity index (χ3n) is 2.66. The van der Waals surface area contributed by atoms with E-state index in [-0.39, 0.29) is 27.0 Å². The molecule has 0 saturated carbocycles. The fourth-order valence-corrected chi connectivity index (χ4v) is 2.95. The van der Waals surface area contributed by atoms with Crippen molar-refractivity contribution >= 4 is 22.9 Å². The van der Waals surface area contributed by atoms with E-state index in [4.69, 9.17) is 11.6 Å². The third-order valence-corrected chi connectivity index (χ3v) is 3.98. The molecule has 114 valence electrons. The van der Waals surface area contributed by atoms with Crippen LogP contribution in [-0.2, 0) is 12.7 Å². The predicted molar refractivity (Wildman–Crippen MR) is 74.9 cm³/mol. The smallest absolute Gasteiger partial charge is 0.312 e. The zero-order valence-corrected chi connectivity index (χ0v) is 12.5. The number of thiazole rings is 1. The van der Waals surface area contributed by atoms with Crippen molar-refractivity contribution in [3.8, 4) is 10.6 Å². The van der Waals surface area contributed by atoms with Gasteiger partial charge in [-0.15, -0.1) is 11.3 Å². The highest BCUT2D eigenvalue weighted by Gasteiger charge is 2.37. The Hall–Kier alpha value is -1.18. The van der Waals surface area contributed by atoms with Gasteiger partial charge in [0.1, 0.15) is 10.8 Å². The first-order chi connectivity index (χ1) is 9.82. The van der Waals surface area contributed by atoms with E-state index in [1.54, 1.807) is 6.92 Å². The summed E-state index contributed by atoms with van der Waals surface area (Å²) in [7, 11) is 0. The summed E-state index contributed by atoms with van der Waals surface area (Å²) in [5.41, 5.74) is -1.01. The number of hydrogen-bond acceptors (Lipinski definition) is 3. The van der Waals surface area contributed by atoms with Gasteiger partial charge < -0.3 is 5.32 Å². The number of nitrogens with zero attached hydrogens (tertiary/aromatic N) is 1. The summed E-state index contributed by atoms with van der Waals surface area (Å²) in [5.74, 6) is -0.656. The first-order valence-electron chi connectivity index (χ1n) is 6.06. The summed E-state index contributed by atoms with van der Waals surface area (Å²) < 4.78 is 52.7. The second kappa shape index (κ2) is 6.29. The number of halogens is 5. The Labute approximate surface area is 127 Å². The van der Waals surface area contributed by atoms with E-state index in [2.05, 4.69) is 10.3 Å². The molecule has 1 aromatic heterocycles. The molecule has 2 aromatic rings. The third kappa shape index (κ3) is 3.72. The van der Waals surface area contributed by atoms with Gasteiger partial charge in [-0.2, -0.15) is 13.2 Å². The number of alkyl halides is 3. The Morgan fingerprint density at radius 1 is 1.33 bits per heavy atom. The van der Waals surface area contributed by atoms with Crippen LogP contribution in [0.3, 0.4) is 0 Å². The molecule has 0 aliphatic rings. The van der Waals surface area contributed by atoms with Gasteiger partial charge in [-0.05, 0) is 24.7 Å². The van der Waals surface area contributed by atoms with Crippen LogP contribution in [0.4, 0.5) is 17.6 Å². The van der Waals surface area contributed by atoms with E-state index in [1.807, 2.05) is 0 Å². The van der Waals surface area contributed by atoms with Crippen molar-refractivity contribution in [3.63, 3.8) is 0 Å². The fourth-order valence-electron chi connectivity index (χ4n) is 1.71. The molecule has 0 atom stereocenters. The Kier molecular flexibility index (Phi) is 4.85. The van der Waals surface area contributed by atoms with Crippen molar-refractivity contribution in [1.82, 2.24) is 10.3 Å². The lowest BCUT2D eigenvalue weighted by Crippen LogP contribution is -2.15. The van der Waals surface area contributed by atoms with Gasteiger partial charge in [0, 0.05) is 17.1 Å². The van der Waals surface area contributed by atoms with Crippen molar-refractivity contribution in [2.45, 2.75) is 19.6 Å². The molecule has 21 heavy (non-hydrogen) atoms. The maximum atomic E-state index is 13.8. The highest BCUT2D eigenvalue weighted by Crippen LogP contribution is 2.38. The zero-order valence-electron chi connectivity index (χ0n) is 10.9. The maximum Gasteiger partial charge on any atom is 0.434 e. The van der Waals surface area contributed by atoms with Gasteiger partial charge in [0.15, 0.2) is 5.69 Å². The van der Waals surface area contributed by atoms with Gasteiger partial charge in [-0.3, -0.25) is 0 Å². The second-order valence-corrected chi connectivity index (χ2v) is 5.71. The fraction of sp³-hybridized carbons (Fsp3) is 0.308. The van der Waals surface area contributed by atoms with Gasteiger partial charge in [0.05, 0.1) is 4.88 Å². The van der Waals surface area contributed by atoms with Gasteiger partial charge in [0.25, 0.3) is 0 Å². The van der Waals surface area contributed by atoms with Crippen LogP contribution in [0.15, 0.2) is 18.2 Å². The first-order valence-corrected chi connectivity index (χ1v) is 7.25. The Morgan fingerprint density at radius 3 is 2.67 bits per heavy atom. The van der Waals surface area contributed by atoms with E-state index >= 15 is 0 Å². The quantitative estimate of drug-likeness (QED) is 0.815. The van der Waals surface area contributed by atoms with Gasteiger partial charge in [-0.1, -0.05) is 18.5 Å². The summed E-state index contributed by atoms with van der Waals surface area (Å²) in [6.45, 7) is 2.34. The molecule has 0 unspecified atom stereocenters. The Balaban J connectivity index is 2.50. The van der Waals surface area contributed by atoms with Crippen LogP contribution in [-0.4, -0.2) is 11.5 Å². The second-order valence-electron chi connectivity index (χ2n) is 4.19. The minimum Gasteiger partial charge on any atom is -0.312 e. The molecule has 0 aliphatic carbocycles. The molecule has 1 heterocycles. The molecule has 8 heteroatoms. The van der Waals surface area contributed by atoms with E-state index in [0.717, 1.165) is 17.4 Å². The van der Waals surface area contributed by atoms with Crippen LogP contribution < -0.4 is 5.32 Å². The Morgan fingerprint density at radius 2 is 2.05 bits per heavy atom. The molecule has 0 fully saturated rings. The van der Waals surface area contributed by atoms with Crippen LogP contribution in [0.1, 0.15) is 17.5 Å². The van der Waals surface area contributed by atoms with Crippen LogP contribution in [0, 0.1) is 5.82 Å². The van der Waals surface area contributed by atoms with Crippen LogP contribution in [0.2, 0.25) is 5.02 Å². The maximum absolute atomic E-state index is 13.8. The van der Waals surface area contributed by atoms with Crippen molar-refractivity contribution in [2.75, 3.05) is 6.54 Å². The molecule has 2 rings (SSSR count). The number of benzene rings is 1. The molecule has 0 aliphatic heterocycles. The summed E-state index contributed by atoms with van der Waals surface area (Å²) in [5, 5.41) is 3.03. The highest BCUT2D eigenvalue weighted by atomic mass is 35.5. The number of aromatic nitrogens is 1. The predicted octanol–water partition coefficient (Wildman–Crippen LogP) is 4.73. The average Bonchev–Trinajstić information content (AvgIpc) is 2.83. The van der Waals surface area contributed by atoms with Crippen LogP contribution in [0.25, 0.3) is 10.6 Å². The van der Waals surface area contributed by atoms with Gasteiger partial charge >= 0.3 is 6.18 Å². The normalized spacial score (nSPS) is 11.9. The lowest BCUT2D eigenvalue weighted by Gasteiger charge is -2.05. The largest absolute Gasteiger partial charge is 0.434 e. The van der Waals surface area contributed by atoms with E-state index in [1.165, 1.54) is 12.1 Å². The van der Waals surface area contributed by atoms with Crippen molar-refractivity contribution in [1.29, 1.82) is 0 Å². The molecule has 0 amide bonds. The van der Waals surface area contributed by atoms with Gasteiger partial charge in [-0.25, -0.2) is 9.37 Å². The summed E-state index contributed by atoms with van der Waals surface area (Å²) in [6, 6.07) is 3.71. The van der Waals surface area contributed by atoms with E-state index in [9.17, 15) is 17.6 Å². The average molecular weight is 339 g/mol. The van der Waals surface area contributed by atoms with Crippen LogP contribution >= 0.6 is 22.9 Å². The summed E-state index contributed by atoms with van der Waals surface area (Å²) in [6.07, 6.45) is -4.57. The molecule has 0 spiro atoms. The molecule has 1 N–H and O–H groups in total. The molecule has 0 radical (unpaired) electrons. The Bertz CT molecular complexity index is 640. The number of rotatable bonds is 4. The van der Waals surface area contributed by atoms with Crippen molar-refractivity contribution in [3.05, 3.63) is 39.6 Å². The lowest BCUT2D eigenvalue weighted by atomic mass is 10.2.